The summed E-state index contributed by atoms with van der Waals surface area (Å²) in [5.41, 5.74) is 16.3. The number of allylic oxidation sites excluding steroid dienone is 1. The van der Waals surface area contributed by atoms with Gasteiger partial charge in [-0.2, -0.15) is 0 Å². The van der Waals surface area contributed by atoms with E-state index in [9.17, 15) is 0 Å². The first-order chi connectivity index (χ1) is 31.2. The third-order valence-corrected chi connectivity index (χ3v) is 16.7. The summed E-state index contributed by atoms with van der Waals surface area (Å²) in [6, 6.07) is 68.2. The third-order valence-electron chi connectivity index (χ3n) is 15.5. The summed E-state index contributed by atoms with van der Waals surface area (Å²) in [6.45, 7) is 9.86. The molecule has 0 N–H and O–H groups in total. The summed E-state index contributed by atoms with van der Waals surface area (Å²) < 4.78 is 1.38. The number of hydrogen-bond acceptors (Lipinski definition) is 1. The zero-order chi connectivity index (χ0) is 43.0. The Balaban J connectivity index is 1.16. The van der Waals surface area contributed by atoms with Crippen molar-refractivity contribution in [3.63, 3.8) is 0 Å². The minimum atomic E-state index is -0.507. The van der Waals surface area contributed by atoms with Gasteiger partial charge in [-0.15, -0.1) is 11.3 Å². The van der Waals surface area contributed by atoms with Crippen molar-refractivity contribution in [2.45, 2.75) is 69.1 Å². The molecule has 0 amide bonds. The Morgan fingerprint density at radius 3 is 1.69 bits per heavy atom. The highest BCUT2D eigenvalue weighted by Gasteiger charge is 2.51. The van der Waals surface area contributed by atoms with Crippen molar-refractivity contribution in [2.75, 3.05) is 0 Å². The van der Waals surface area contributed by atoms with Gasteiger partial charge in [0, 0.05) is 15.5 Å². The van der Waals surface area contributed by atoms with E-state index >= 15 is 0 Å². The van der Waals surface area contributed by atoms with Gasteiger partial charge in [0.05, 0.1) is 5.41 Å². The molecule has 1 heterocycles. The van der Waals surface area contributed by atoms with Crippen LogP contribution in [-0.4, -0.2) is 0 Å². The fourth-order valence-electron chi connectivity index (χ4n) is 13.1. The molecule has 1 unspecified atom stereocenters. The molecule has 3 aliphatic carbocycles. The molecule has 64 heavy (non-hydrogen) atoms. The molecule has 0 nitrogen and oxygen atoms in total. The number of aryl methyl sites for hydroxylation is 1. The summed E-state index contributed by atoms with van der Waals surface area (Å²) >= 11 is 1.95. The summed E-state index contributed by atoms with van der Waals surface area (Å²) in [5.74, 6) is -0.0310. The second-order valence-corrected chi connectivity index (χ2v) is 21.2. The van der Waals surface area contributed by atoms with Crippen LogP contribution in [0.2, 0.25) is 0 Å². The van der Waals surface area contributed by atoms with Crippen LogP contribution in [0.15, 0.2) is 182 Å². The van der Waals surface area contributed by atoms with Crippen LogP contribution in [0.1, 0.15) is 107 Å². The van der Waals surface area contributed by atoms with E-state index in [1.807, 2.05) is 11.3 Å². The standard InChI is InChI=1S/C63H50S/c1-61(2)38-62(3,4)56-37-54-52(36-55(56)61)60-49(27-17-28-53(60)63(54,41-18-7-5-8-19-41)42-20-9-6-10-21-42)59(40-31-33-58-51(35-40)48-26-15-16-29-57(48)64-58)39-30-32-47-45-24-12-11-22-43(45)44-23-13-14-25-46(44)50(47)34-39/h5-14,16-25,27-37,59H,15,26,38H2,1-4H3. The Bertz CT molecular complexity index is 3500. The number of fused-ring (bicyclic) bond motifs is 13. The summed E-state index contributed by atoms with van der Waals surface area (Å²) in [4.78, 5) is 1.42. The lowest BCUT2D eigenvalue weighted by atomic mass is 9.66. The van der Waals surface area contributed by atoms with Gasteiger partial charge >= 0.3 is 0 Å². The first-order valence-electron chi connectivity index (χ1n) is 23.2. The van der Waals surface area contributed by atoms with E-state index in [0.717, 1.165) is 19.3 Å². The van der Waals surface area contributed by atoms with Gasteiger partial charge in [-0.05, 0) is 165 Å². The van der Waals surface area contributed by atoms with E-state index < -0.39 is 5.41 Å². The molecule has 10 aromatic rings. The van der Waals surface area contributed by atoms with Crippen LogP contribution >= 0.6 is 11.3 Å². The Kier molecular flexibility index (Phi) is 8.15. The molecule has 9 aromatic carbocycles. The second kappa shape index (κ2) is 13.7. The minimum Gasteiger partial charge on any atom is -0.136 e. The Labute approximate surface area is 380 Å². The van der Waals surface area contributed by atoms with Crippen molar-refractivity contribution in [1.29, 1.82) is 0 Å². The van der Waals surface area contributed by atoms with Crippen molar-refractivity contribution in [3.05, 3.63) is 243 Å². The molecule has 0 radical (unpaired) electrons. The predicted molar refractivity (Wildman–Crippen MR) is 273 cm³/mol. The molecule has 0 saturated carbocycles. The first kappa shape index (κ1) is 38.0. The predicted octanol–water partition coefficient (Wildman–Crippen LogP) is 16.8. The van der Waals surface area contributed by atoms with E-state index in [4.69, 9.17) is 0 Å². The van der Waals surface area contributed by atoms with E-state index in [2.05, 4.69) is 216 Å². The molecule has 1 heteroatoms. The van der Waals surface area contributed by atoms with Gasteiger partial charge in [-0.25, -0.2) is 0 Å². The molecule has 308 valence electrons. The first-order valence-corrected chi connectivity index (χ1v) is 24.0. The lowest BCUT2D eigenvalue weighted by Gasteiger charge is -2.35. The van der Waals surface area contributed by atoms with Crippen LogP contribution < -0.4 is 0 Å². The number of benzene rings is 9. The van der Waals surface area contributed by atoms with Crippen molar-refractivity contribution in [1.82, 2.24) is 0 Å². The monoisotopic (exact) mass is 838 g/mol. The van der Waals surface area contributed by atoms with Crippen LogP contribution in [-0.2, 0) is 22.7 Å². The highest BCUT2D eigenvalue weighted by molar-refractivity contribution is 7.20. The fraction of sp³-hybridized carbons (Fsp3) is 0.175. The van der Waals surface area contributed by atoms with Crippen molar-refractivity contribution < 1.29 is 0 Å². The smallest absolute Gasteiger partial charge is 0.0713 e. The second-order valence-electron chi connectivity index (χ2n) is 20.1. The Morgan fingerprint density at radius 2 is 1.03 bits per heavy atom. The Hall–Kier alpha value is -6.54. The molecule has 1 atom stereocenters. The van der Waals surface area contributed by atoms with Crippen LogP contribution in [0.4, 0.5) is 0 Å². The molecule has 0 spiro atoms. The van der Waals surface area contributed by atoms with Gasteiger partial charge in [-0.3, -0.25) is 0 Å². The molecular weight excluding hydrogens is 789 g/mol. The quantitative estimate of drug-likeness (QED) is 0.120. The molecule has 0 aliphatic heterocycles. The number of hydrogen-bond donors (Lipinski definition) is 0. The lowest BCUT2D eigenvalue weighted by molar-refractivity contribution is 0.403. The minimum absolute atomic E-state index is 0.0310. The van der Waals surface area contributed by atoms with Crippen LogP contribution in [0.25, 0.3) is 59.6 Å². The van der Waals surface area contributed by atoms with Gasteiger partial charge in [0.25, 0.3) is 0 Å². The van der Waals surface area contributed by atoms with Gasteiger partial charge < -0.3 is 0 Å². The van der Waals surface area contributed by atoms with Gasteiger partial charge in [-0.1, -0.05) is 185 Å². The largest absolute Gasteiger partial charge is 0.136 e. The third kappa shape index (κ3) is 5.28. The average Bonchev–Trinajstić information content (AvgIpc) is 3.91. The summed E-state index contributed by atoms with van der Waals surface area (Å²) in [5, 5.41) is 9.27. The zero-order valence-corrected chi connectivity index (χ0v) is 37.8. The molecule has 0 saturated heterocycles. The van der Waals surface area contributed by atoms with Gasteiger partial charge in [0.15, 0.2) is 0 Å². The normalized spacial score (nSPS) is 16.8. The van der Waals surface area contributed by atoms with Crippen LogP contribution in [0, 0.1) is 0 Å². The van der Waals surface area contributed by atoms with Crippen molar-refractivity contribution in [3.8, 4) is 11.1 Å². The maximum Gasteiger partial charge on any atom is 0.0713 e. The van der Waals surface area contributed by atoms with Crippen LogP contribution in [0.3, 0.4) is 0 Å². The Morgan fingerprint density at radius 1 is 0.469 bits per heavy atom. The molecule has 1 aromatic heterocycles. The zero-order valence-electron chi connectivity index (χ0n) is 37.0. The molecule has 0 bridgehead atoms. The SMILES string of the molecule is CC1(C)CC(C)(C)c2cc3c(cc21)-c1c(C(c2ccc4sc5c(c4c2)CCC=C5)c2ccc4c5ccccc5c5ccccc5c4c2)cccc1C3(c1ccccc1)c1ccccc1. The topological polar surface area (TPSA) is 0 Å². The summed E-state index contributed by atoms with van der Waals surface area (Å²) in [7, 11) is 0. The average molecular weight is 839 g/mol. The van der Waals surface area contributed by atoms with Gasteiger partial charge in [0.2, 0.25) is 0 Å². The van der Waals surface area contributed by atoms with Crippen LogP contribution in [0.5, 0.6) is 0 Å². The molecule has 13 rings (SSSR count). The van der Waals surface area contributed by atoms with E-state index in [1.54, 1.807) is 0 Å². The van der Waals surface area contributed by atoms with E-state index in [1.165, 1.54) is 114 Å². The highest BCUT2D eigenvalue weighted by Crippen LogP contribution is 2.62. The molecule has 0 fully saturated rings. The molecular formula is C63H50S. The van der Waals surface area contributed by atoms with E-state index in [-0.39, 0.29) is 16.7 Å². The summed E-state index contributed by atoms with van der Waals surface area (Å²) in [6.07, 6.45) is 8.02. The molecule has 3 aliphatic rings. The van der Waals surface area contributed by atoms with Crippen molar-refractivity contribution >= 4 is 59.8 Å². The maximum absolute atomic E-state index is 2.66. The van der Waals surface area contributed by atoms with E-state index in [0.29, 0.717) is 0 Å². The van der Waals surface area contributed by atoms with Crippen molar-refractivity contribution in [2.24, 2.45) is 0 Å². The highest BCUT2D eigenvalue weighted by atomic mass is 32.1. The maximum atomic E-state index is 2.66. The fourth-order valence-corrected chi connectivity index (χ4v) is 14.3. The lowest BCUT2D eigenvalue weighted by Crippen LogP contribution is -2.29. The van der Waals surface area contributed by atoms with Gasteiger partial charge in [0.1, 0.15) is 0 Å². The number of rotatable bonds is 5. The number of thiophene rings is 1.